The Morgan fingerprint density at radius 3 is 2.91 bits per heavy atom. The van der Waals surface area contributed by atoms with Crippen LogP contribution in [0.5, 0.6) is 5.75 Å². The predicted molar refractivity (Wildman–Crippen MR) is 136 cm³/mol. The molecule has 0 aliphatic carbocycles. The summed E-state index contributed by atoms with van der Waals surface area (Å²) in [6, 6.07) is 9.67. The van der Waals surface area contributed by atoms with Crippen LogP contribution in [0.2, 0.25) is 0 Å². The molecule has 0 spiro atoms. The van der Waals surface area contributed by atoms with Gasteiger partial charge in [-0.2, -0.15) is 5.10 Å². The zero-order chi connectivity index (χ0) is 23.9. The molecule has 3 aromatic heterocycles. The lowest BCUT2D eigenvalue weighted by Gasteiger charge is -2.32. The summed E-state index contributed by atoms with van der Waals surface area (Å²) in [5.74, 6) is 1.36. The molecule has 10 heteroatoms. The van der Waals surface area contributed by atoms with Gasteiger partial charge in [0, 0.05) is 47.6 Å². The molecule has 1 N–H and O–H groups in total. The molecule has 5 aromatic rings. The lowest BCUT2D eigenvalue weighted by Crippen LogP contribution is -2.40. The Morgan fingerprint density at radius 2 is 2.06 bits per heavy atom. The largest absolute Gasteiger partial charge is 0.496 e. The van der Waals surface area contributed by atoms with Gasteiger partial charge in [-0.05, 0) is 37.7 Å². The molecule has 1 saturated heterocycles. The van der Waals surface area contributed by atoms with Gasteiger partial charge in [-0.25, -0.2) is 19.3 Å². The number of halogens is 1. The maximum absolute atomic E-state index is 14.7. The SMILES string of the molecule is COc1cc2ncnc(Nc3ccc4ncsc4c3)c2cc1-c1cnn(C2CCN(C)C[C@H]2F)c1. The van der Waals surface area contributed by atoms with Crippen LogP contribution in [0.25, 0.3) is 32.2 Å². The lowest BCUT2D eigenvalue weighted by molar-refractivity contribution is 0.101. The zero-order valence-electron chi connectivity index (χ0n) is 19.3. The Hall–Kier alpha value is -3.63. The molecule has 2 atom stereocenters. The minimum absolute atomic E-state index is 0.270. The van der Waals surface area contributed by atoms with Crippen molar-refractivity contribution in [2.45, 2.75) is 18.6 Å². The number of rotatable bonds is 5. The first-order chi connectivity index (χ1) is 17.1. The first-order valence-electron chi connectivity index (χ1n) is 11.4. The maximum Gasteiger partial charge on any atom is 0.141 e. The van der Waals surface area contributed by atoms with Gasteiger partial charge in [0.25, 0.3) is 0 Å². The minimum Gasteiger partial charge on any atom is -0.496 e. The standard InChI is InChI=1S/C25H24FN7OS/c1-32-6-5-22(19(26)12-32)33-11-15(10-30-33)17-8-18-21(9-23(17)34-2)27-13-28-25(18)31-16-3-4-20-24(7-16)35-14-29-20/h3-4,7-11,13-14,19,22H,5-6,12H2,1-2H3,(H,27,28,31)/t19-,22?/m1/s1. The number of nitrogens with zero attached hydrogens (tertiary/aromatic N) is 6. The number of piperidine rings is 1. The number of hydrogen-bond acceptors (Lipinski definition) is 8. The highest BCUT2D eigenvalue weighted by molar-refractivity contribution is 7.16. The molecule has 1 aliphatic heterocycles. The number of alkyl halides is 1. The fraction of sp³-hybridized carbons (Fsp3) is 0.280. The van der Waals surface area contributed by atoms with E-state index in [1.54, 1.807) is 29.3 Å². The third kappa shape index (κ3) is 4.08. The molecule has 1 unspecified atom stereocenters. The third-order valence-electron chi connectivity index (χ3n) is 6.51. The Kier molecular flexibility index (Phi) is 5.54. The van der Waals surface area contributed by atoms with Gasteiger partial charge in [0.15, 0.2) is 0 Å². The molecule has 0 amide bonds. The normalized spacial score (nSPS) is 18.8. The molecule has 178 valence electrons. The topological polar surface area (TPSA) is 81.0 Å². The third-order valence-corrected chi connectivity index (χ3v) is 7.30. The van der Waals surface area contributed by atoms with Crippen LogP contribution in [-0.2, 0) is 0 Å². The summed E-state index contributed by atoms with van der Waals surface area (Å²) in [6.07, 6.45) is 4.97. The zero-order valence-corrected chi connectivity index (χ0v) is 20.2. The van der Waals surface area contributed by atoms with Crippen molar-refractivity contribution in [1.29, 1.82) is 0 Å². The second-order valence-corrected chi connectivity index (χ2v) is 9.68. The van der Waals surface area contributed by atoms with Crippen LogP contribution in [0.4, 0.5) is 15.9 Å². The summed E-state index contributed by atoms with van der Waals surface area (Å²) in [6.45, 7) is 1.26. The first-order valence-corrected chi connectivity index (χ1v) is 12.3. The molecule has 0 saturated carbocycles. The van der Waals surface area contributed by atoms with E-state index >= 15 is 0 Å². The van der Waals surface area contributed by atoms with E-state index in [2.05, 4.69) is 31.4 Å². The second kappa shape index (κ2) is 8.86. The van der Waals surface area contributed by atoms with Crippen molar-refractivity contribution >= 4 is 44.0 Å². The number of hydrogen-bond donors (Lipinski definition) is 1. The van der Waals surface area contributed by atoms with Crippen molar-refractivity contribution in [3.63, 3.8) is 0 Å². The van der Waals surface area contributed by atoms with Crippen LogP contribution in [0.15, 0.2) is 54.6 Å². The summed E-state index contributed by atoms with van der Waals surface area (Å²) < 4.78 is 23.3. The van der Waals surface area contributed by atoms with Crippen molar-refractivity contribution in [1.82, 2.24) is 29.6 Å². The molecule has 0 bridgehead atoms. The molecule has 2 aromatic carbocycles. The van der Waals surface area contributed by atoms with Crippen LogP contribution in [-0.4, -0.2) is 63.1 Å². The molecule has 8 nitrogen and oxygen atoms in total. The van der Waals surface area contributed by atoms with Gasteiger partial charge in [-0.1, -0.05) is 0 Å². The van der Waals surface area contributed by atoms with E-state index < -0.39 is 6.17 Å². The predicted octanol–water partition coefficient (Wildman–Crippen LogP) is 5.07. The summed E-state index contributed by atoms with van der Waals surface area (Å²) in [5, 5.41) is 8.79. The van der Waals surface area contributed by atoms with Gasteiger partial charge in [-0.15, -0.1) is 11.3 Å². The van der Waals surface area contributed by atoms with Gasteiger partial charge < -0.3 is 15.0 Å². The molecule has 1 aliphatic rings. The molecular weight excluding hydrogens is 465 g/mol. The quantitative estimate of drug-likeness (QED) is 0.369. The Morgan fingerprint density at radius 1 is 1.14 bits per heavy atom. The number of fused-ring (bicyclic) bond motifs is 2. The van der Waals surface area contributed by atoms with Gasteiger partial charge in [-0.3, -0.25) is 4.68 Å². The maximum atomic E-state index is 14.7. The van der Waals surface area contributed by atoms with E-state index in [1.807, 2.05) is 47.9 Å². The van der Waals surface area contributed by atoms with Crippen molar-refractivity contribution < 1.29 is 9.13 Å². The van der Waals surface area contributed by atoms with Gasteiger partial charge >= 0.3 is 0 Å². The van der Waals surface area contributed by atoms with Crippen LogP contribution >= 0.6 is 11.3 Å². The Labute approximate surface area is 205 Å². The van der Waals surface area contributed by atoms with E-state index in [1.165, 1.54) is 6.33 Å². The van der Waals surface area contributed by atoms with Crippen molar-refractivity contribution in [3.8, 4) is 16.9 Å². The second-order valence-electron chi connectivity index (χ2n) is 8.80. The lowest BCUT2D eigenvalue weighted by atomic mass is 10.0. The number of aromatic nitrogens is 5. The van der Waals surface area contributed by atoms with Gasteiger partial charge in [0.2, 0.25) is 0 Å². The van der Waals surface area contributed by atoms with E-state index in [-0.39, 0.29) is 6.04 Å². The monoisotopic (exact) mass is 489 g/mol. The summed E-state index contributed by atoms with van der Waals surface area (Å²) in [5.41, 5.74) is 6.19. The van der Waals surface area contributed by atoms with E-state index in [4.69, 9.17) is 4.74 Å². The van der Waals surface area contributed by atoms with Crippen molar-refractivity contribution in [3.05, 3.63) is 54.6 Å². The highest BCUT2D eigenvalue weighted by atomic mass is 32.1. The first kappa shape index (κ1) is 21.9. The fourth-order valence-corrected chi connectivity index (χ4v) is 5.36. The highest BCUT2D eigenvalue weighted by Crippen LogP contribution is 2.37. The van der Waals surface area contributed by atoms with Crippen molar-refractivity contribution in [2.24, 2.45) is 0 Å². The van der Waals surface area contributed by atoms with Gasteiger partial charge in [0.1, 0.15) is 24.1 Å². The number of thiazole rings is 1. The average Bonchev–Trinajstić information content (AvgIpc) is 3.53. The van der Waals surface area contributed by atoms with Crippen molar-refractivity contribution in [2.75, 3.05) is 32.6 Å². The summed E-state index contributed by atoms with van der Waals surface area (Å²) in [7, 11) is 3.58. The van der Waals surface area contributed by atoms with E-state index in [9.17, 15) is 4.39 Å². The molecule has 0 radical (unpaired) electrons. The smallest absolute Gasteiger partial charge is 0.141 e. The van der Waals surface area contributed by atoms with Gasteiger partial charge in [0.05, 0.1) is 40.6 Å². The molecule has 4 heterocycles. The Bertz CT molecular complexity index is 1520. The average molecular weight is 490 g/mol. The Balaban J connectivity index is 1.38. The number of likely N-dealkylation sites (tertiary alicyclic amines) is 1. The summed E-state index contributed by atoms with van der Waals surface area (Å²) in [4.78, 5) is 15.3. The fourth-order valence-electron chi connectivity index (χ4n) is 4.65. The van der Waals surface area contributed by atoms with E-state index in [0.717, 1.165) is 50.9 Å². The summed E-state index contributed by atoms with van der Waals surface area (Å²) >= 11 is 1.60. The minimum atomic E-state index is -0.958. The molecular formula is C25H24FN7OS. The van der Waals surface area contributed by atoms with Crippen LogP contribution in [0, 0.1) is 0 Å². The molecule has 35 heavy (non-hydrogen) atoms. The highest BCUT2D eigenvalue weighted by Gasteiger charge is 2.29. The van der Waals surface area contributed by atoms with Crippen LogP contribution in [0.1, 0.15) is 12.5 Å². The molecule has 1 fully saturated rings. The number of methoxy groups -OCH3 is 1. The van der Waals surface area contributed by atoms with Crippen LogP contribution in [0.3, 0.4) is 0 Å². The number of benzene rings is 2. The van der Waals surface area contributed by atoms with Crippen LogP contribution < -0.4 is 10.1 Å². The molecule has 6 rings (SSSR count). The van der Waals surface area contributed by atoms with E-state index in [0.29, 0.717) is 18.1 Å². The number of anilines is 2. The number of ether oxygens (including phenoxy) is 1. The number of nitrogens with one attached hydrogen (secondary N) is 1.